The molecule has 2 aliphatic heterocycles. The van der Waals surface area contributed by atoms with E-state index in [-0.39, 0.29) is 18.2 Å². The molecule has 2 fully saturated rings. The van der Waals surface area contributed by atoms with Gasteiger partial charge in [0.05, 0.1) is 0 Å². The molecule has 1 saturated heterocycles. The van der Waals surface area contributed by atoms with Crippen LogP contribution in [0.1, 0.15) is 72.1 Å². The molecule has 1 saturated carbocycles. The van der Waals surface area contributed by atoms with Gasteiger partial charge in [-0.2, -0.15) is 12.7 Å². The Bertz CT molecular complexity index is 1070. The summed E-state index contributed by atoms with van der Waals surface area (Å²) in [7, 11) is -1.45. The summed E-state index contributed by atoms with van der Waals surface area (Å²) in [5.74, 6) is -2.06. The molecule has 13 heteroatoms. The molecule has 0 radical (unpaired) electrons. The highest BCUT2D eigenvalue weighted by molar-refractivity contribution is 7.87. The third-order valence-electron chi connectivity index (χ3n) is 7.03. The van der Waals surface area contributed by atoms with E-state index in [0.717, 1.165) is 23.6 Å². The molecule has 0 unspecified atom stereocenters. The van der Waals surface area contributed by atoms with Crippen molar-refractivity contribution < 1.29 is 32.3 Å². The first-order valence-electron chi connectivity index (χ1n) is 13.2. The van der Waals surface area contributed by atoms with Crippen molar-refractivity contribution >= 4 is 34.0 Å². The predicted octanol–water partition coefficient (Wildman–Crippen LogP) is 1.19. The van der Waals surface area contributed by atoms with E-state index in [1.165, 1.54) is 19.0 Å². The Morgan fingerprint density at radius 2 is 1.84 bits per heavy atom. The topological polar surface area (TPSA) is 154 Å². The molecule has 1 aliphatic carbocycles. The normalized spacial score (nSPS) is 29.7. The third-order valence-corrected chi connectivity index (χ3v) is 8.43. The monoisotopic (exact) mass is 555 g/mol. The molecule has 0 bridgehead atoms. The van der Waals surface area contributed by atoms with Crippen LogP contribution in [0.5, 0.6) is 0 Å². The Morgan fingerprint density at radius 3 is 2.50 bits per heavy atom. The van der Waals surface area contributed by atoms with Gasteiger partial charge in [0.2, 0.25) is 11.8 Å². The fourth-order valence-corrected chi connectivity index (χ4v) is 5.44. The number of nitrogens with zero attached hydrogens (tertiary/aromatic N) is 2. The highest BCUT2D eigenvalue weighted by Crippen LogP contribution is 2.45. The van der Waals surface area contributed by atoms with Crippen molar-refractivity contribution in [3.05, 3.63) is 12.2 Å². The summed E-state index contributed by atoms with van der Waals surface area (Å²) in [5, 5.41) is 5.48. The number of amides is 4. The first-order chi connectivity index (χ1) is 17.7. The zero-order valence-corrected chi connectivity index (χ0v) is 23.7. The quantitative estimate of drug-likeness (QED) is 0.440. The van der Waals surface area contributed by atoms with Crippen LogP contribution in [0.2, 0.25) is 0 Å². The predicted molar refractivity (Wildman–Crippen MR) is 140 cm³/mol. The van der Waals surface area contributed by atoms with Crippen molar-refractivity contribution in [1.82, 2.24) is 24.6 Å². The van der Waals surface area contributed by atoms with Gasteiger partial charge in [-0.05, 0) is 59.3 Å². The minimum absolute atomic E-state index is 0.257. The second kappa shape index (κ2) is 11.6. The van der Waals surface area contributed by atoms with E-state index in [9.17, 15) is 27.6 Å². The van der Waals surface area contributed by atoms with E-state index in [0.29, 0.717) is 32.2 Å². The molecule has 0 aromatic rings. The lowest BCUT2D eigenvalue weighted by Crippen LogP contribution is -2.58. The van der Waals surface area contributed by atoms with Gasteiger partial charge in [0.1, 0.15) is 23.2 Å². The van der Waals surface area contributed by atoms with Gasteiger partial charge in [0.25, 0.3) is 5.91 Å². The standard InChI is InChI=1S/C25H41N5O7S/c1-24(2,3)37-23(34)26-18-13-10-8-6-7-9-12-17-16-25(17,22(33)28-38(35,36)29(4)5)27-20(31)19-14-11-15-30(19)21(18)32/h9,12,17-19H,6-8,10-11,13-16H2,1-5H3,(H,26,34)(H,27,31)(H,28,33)/b12-9-/t17-,18+,19+,25-/m1/s1. The Morgan fingerprint density at radius 1 is 1.13 bits per heavy atom. The summed E-state index contributed by atoms with van der Waals surface area (Å²) >= 11 is 0. The van der Waals surface area contributed by atoms with Gasteiger partial charge in [-0.15, -0.1) is 0 Å². The smallest absolute Gasteiger partial charge is 0.408 e. The Labute approximate surface area is 225 Å². The average molecular weight is 556 g/mol. The van der Waals surface area contributed by atoms with Crippen LogP contribution in [-0.4, -0.2) is 85.3 Å². The summed E-state index contributed by atoms with van der Waals surface area (Å²) in [6.45, 7) is 5.54. The Balaban J connectivity index is 1.84. The molecule has 4 atom stereocenters. The maximum Gasteiger partial charge on any atom is 0.408 e. The molecule has 4 amide bonds. The lowest BCUT2D eigenvalue weighted by atomic mass is 10.0. The minimum atomic E-state index is -4.06. The molecule has 0 spiro atoms. The van der Waals surface area contributed by atoms with E-state index in [1.807, 2.05) is 12.2 Å². The zero-order chi connectivity index (χ0) is 28.3. The number of nitrogens with one attached hydrogen (secondary N) is 3. The van der Waals surface area contributed by atoms with E-state index in [4.69, 9.17) is 4.74 Å². The van der Waals surface area contributed by atoms with E-state index < -0.39 is 51.3 Å². The molecular weight excluding hydrogens is 514 g/mol. The number of carbonyl (C=O) groups is 4. The number of carbonyl (C=O) groups excluding carboxylic acids is 4. The minimum Gasteiger partial charge on any atom is -0.444 e. The van der Waals surface area contributed by atoms with Crippen LogP contribution in [0.3, 0.4) is 0 Å². The van der Waals surface area contributed by atoms with Crippen molar-refractivity contribution in [3.63, 3.8) is 0 Å². The molecule has 0 aromatic heterocycles. The second-order valence-electron chi connectivity index (χ2n) is 11.4. The van der Waals surface area contributed by atoms with E-state index >= 15 is 0 Å². The molecule has 38 heavy (non-hydrogen) atoms. The molecule has 214 valence electrons. The number of hydrogen-bond donors (Lipinski definition) is 3. The fourth-order valence-electron chi connectivity index (χ4n) is 4.84. The van der Waals surface area contributed by atoms with Crippen molar-refractivity contribution in [3.8, 4) is 0 Å². The van der Waals surface area contributed by atoms with Gasteiger partial charge < -0.3 is 20.3 Å². The number of fused-ring (bicyclic) bond motifs is 2. The maximum absolute atomic E-state index is 13.6. The molecular formula is C25H41N5O7S. The van der Waals surface area contributed by atoms with Crippen LogP contribution in [0.4, 0.5) is 4.79 Å². The largest absolute Gasteiger partial charge is 0.444 e. The Hall–Kier alpha value is -2.67. The van der Waals surface area contributed by atoms with Crippen LogP contribution in [0.15, 0.2) is 12.2 Å². The summed E-state index contributed by atoms with van der Waals surface area (Å²) in [6, 6.07) is -1.69. The van der Waals surface area contributed by atoms with E-state index in [2.05, 4.69) is 15.4 Å². The van der Waals surface area contributed by atoms with Crippen LogP contribution in [0.25, 0.3) is 0 Å². The molecule has 12 nitrogen and oxygen atoms in total. The highest BCUT2D eigenvalue weighted by Gasteiger charge is 2.61. The SMILES string of the molecule is CN(C)S(=O)(=O)NC(=O)[C@@]12C[C@H]1/C=C\CCCCC[C@H](NC(=O)OC(C)(C)C)C(=O)N1CCC[C@H]1C(=O)N2. The summed E-state index contributed by atoms with van der Waals surface area (Å²) in [4.78, 5) is 54.1. The van der Waals surface area contributed by atoms with Crippen molar-refractivity contribution in [2.24, 2.45) is 5.92 Å². The van der Waals surface area contributed by atoms with E-state index in [1.54, 1.807) is 20.8 Å². The van der Waals surface area contributed by atoms with Crippen LogP contribution in [0, 0.1) is 5.92 Å². The molecule has 3 rings (SSSR count). The summed E-state index contributed by atoms with van der Waals surface area (Å²) in [5.41, 5.74) is -2.15. The highest BCUT2D eigenvalue weighted by atomic mass is 32.2. The Kier molecular flexibility index (Phi) is 9.12. The van der Waals surface area contributed by atoms with Crippen molar-refractivity contribution in [1.29, 1.82) is 0 Å². The number of ether oxygens (including phenoxy) is 1. The summed E-state index contributed by atoms with van der Waals surface area (Å²) < 4.78 is 33.0. The van der Waals surface area contributed by atoms with Gasteiger partial charge in [0, 0.05) is 26.6 Å². The second-order valence-corrected chi connectivity index (χ2v) is 13.3. The van der Waals surface area contributed by atoms with Gasteiger partial charge in [-0.1, -0.05) is 25.0 Å². The fraction of sp³-hybridized carbons (Fsp3) is 0.760. The van der Waals surface area contributed by atoms with Crippen LogP contribution < -0.4 is 15.4 Å². The van der Waals surface area contributed by atoms with Gasteiger partial charge in [-0.3, -0.25) is 14.4 Å². The summed E-state index contributed by atoms with van der Waals surface area (Å²) in [6.07, 6.45) is 7.82. The average Bonchev–Trinajstić information content (AvgIpc) is 3.26. The first kappa shape index (κ1) is 29.9. The van der Waals surface area contributed by atoms with Crippen LogP contribution >= 0.6 is 0 Å². The van der Waals surface area contributed by atoms with Gasteiger partial charge in [0.15, 0.2) is 0 Å². The number of alkyl carbamates (subject to hydrolysis) is 1. The molecule has 3 aliphatic rings. The number of allylic oxidation sites excluding steroid dienone is 1. The molecule has 3 N–H and O–H groups in total. The lowest BCUT2D eigenvalue weighted by Gasteiger charge is -2.30. The molecule has 2 heterocycles. The number of hydrogen-bond acceptors (Lipinski definition) is 7. The van der Waals surface area contributed by atoms with Gasteiger partial charge in [-0.25, -0.2) is 9.52 Å². The maximum atomic E-state index is 13.6. The van der Waals surface area contributed by atoms with Crippen molar-refractivity contribution in [2.45, 2.75) is 95.4 Å². The van der Waals surface area contributed by atoms with Crippen molar-refractivity contribution in [2.75, 3.05) is 20.6 Å². The zero-order valence-electron chi connectivity index (χ0n) is 22.9. The van der Waals surface area contributed by atoms with Crippen LogP contribution in [-0.2, 0) is 29.3 Å². The third kappa shape index (κ3) is 7.25. The van der Waals surface area contributed by atoms with Gasteiger partial charge >= 0.3 is 16.3 Å². The number of rotatable bonds is 4. The first-order valence-corrected chi connectivity index (χ1v) is 14.6. The molecule has 0 aromatic carbocycles. The lowest BCUT2D eigenvalue weighted by molar-refractivity contribution is -0.141.